The SMILES string of the molecule is COCCP(=O)(CCOC)CCOC. The minimum atomic E-state index is -2.14. The Hall–Kier alpha value is 0.110. The standard InChI is InChI=1S/C9H21O4P/c1-11-4-7-14(10,8-5-12-2)9-6-13-3/h4-9H2,1-3H3. The van der Waals surface area contributed by atoms with Crippen LogP contribution in [0.25, 0.3) is 0 Å². The molecule has 0 N–H and O–H groups in total. The van der Waals surface area contributed by atoms with Gasteiger partial charge in [-0.1, -0.05) is 0 Å². The Morgan fingerprint density at radius 2 is 1.07 bits per heavy atom. The van der Waals surface area contributed by atoms with Gasteiger partial charge in [-0.05, 0) is 0 Å². The van der Waals surface area contributed by atoms with Crippen molar-refractivity contribution in [1.29, 1.82) is 0 Å². The van der Waals surface area contributed by atoms with Crippen molar-refractivity contribution in [3.63, 3.8) is 0 Å². The molecule has 0 atom stereocenters. The van der Waals surface area contributed by atoms with Crippen molar-refractivity contribution in [3.05, 3.63) is 0 Å². The summed E-state index contributed by atoms with van der Waals surface area (Å²) in [4.78, 5) is 0. The second-order valence-electron chi connectivity index (χ2n) is 3.21. The first-order valence-electron chi connectivity index (χ1n) is 4.72. The van der Waals surface area contributed by atoms with Crippen LogP contribution in [0.1, 0.15) is 0 Å². The summed E-state index contributed by atoms with van der Waals surface area (Å²) in [7, 11) is 2.72. The van der Waals surface area contributed by atoms with E-state index in [1.165, 1.54) is 0 Å². The van der Waals surface area contributed by atoms with Crippen molar-refractivity contribution in [2.24, 2.45) is 0 Å². The molecular weight excluding hydrogens is 203 g/mol. The molecule has 0 aromatic carbocycles. The fourth-order valence-electron chi connectivity index (χ4n) is 1.11. The third-order valence-electron chi connectivity index (χ3n) is 2.11. The summed E-state index contributed by atoms with van der Waals surface area (Å²) in [5, 5.41) is 0. The van der Waals surface area contributed by atoms with Crippen LogP contribution in [0.5, 0.6) is 0 Å². The molecule has 0 aromatic heterocycles. The predicted octanol–water partition coefficient (Wildman–Crippen LogP) is 1.29. The lowest BCUT2D eigenvalue weighted by atomic mass is 10.8. The van der Waals surface area contributed by atoms with Crippen molar-refractivity contribution >= 4 is 7.14 Å². The van der Waals surface area contributed by atoms with Crippen LogP contribution in [0, 0.1) is 0 Å². The lowest BCUT2D eigenvalue weighted by Gasteiger charge is -2.16. The number of rotatable bonds is 9. The van der Waals surface area contributed by atoms with E-state index in [4.69, 9.17) is 14.2 Å². The van der Waals surface area contributed by atoms with Gasteiger partial charge in [-0.25, -0.2) is 0 Å². The van der Waals surface area contributed by atoms with E-state index >= 15 is 0 Å². The van der Waals surface area contributed by atoms with Crippen molar-refractivity contribution in [3.8, 4) is 0 Å². The zero-order chi connectivity index (χ0) is 10.9. The Bertz CT molecular complexity index is 144. The maximum Gasteiger partial charge on any atom is 0.0944 e. The molecule has 0 aliphatic carbocycles. The van der Waals surface area contributed by atoms with Gasteiger partial charge in [0.25, 0.3) is 0 Å². The van der Waals surface area contributed by atoms with Crippen LogP contribution in [0.4, 0.5) is 0 Å². The first-order valence-corrected chi connectivity index (χ1v) is 6.98. The molecule has 0 saturated heterocycles. The molecule has 4 nitrogen and oxygen atoms in total. The topological polar surface area (TPSA) is 44.8 Å². The van der Waals surface area contributed by atoms with Crippen LogP contribution >= 0.6 is 7.14 Å². The number of ether oxygens (including phenoxy) is 3. The molecule has 0 bridgehead atoms. The summed E-state index contributed by atoms with van der Waals surface area (Å²) >= 11 is 0. The summed E-state index contributed by atoms with van der Waals surface area (Å²) in [5.41, 5.74) is 0. The van der Waals surface area contributed by atoms with Crippen molar-refractivity contribution < 1.29 is 18.8 Å². The fraction of sp³-hybridized carbons (Fsp3) is 1.00. The van der Waals surface area contributed by atoms with Gasteiger partial charge in [-0.15, -0.1) is 0 Å². The highest BCUT2D eigenvalue weighted by Gasteiger charge is 2.20. The summed E-state index contributed by atoms with van der Waals surface area (Å²) in [6, 6.07) is 0. The van der Waals surface area contributed by atoms with E-state index in [1.807, 2.05) is 0 Å². The van der Waals surface area contributed by atoms with Gasteiger partial charge in [0.2, 0.25) is 0 Å². The van der Waals surface area contributed by atoms with Gasteiger partial charge >= 0.3 is 0 Å². The van der Waals surface area contributed by atoms with Crippen molar-refractivity contribution in [1.82, 2.24) is 0 Å². The Kier molecular flexibility index (Phi) is 8.49. The largest absolute Gasteiger partial charge is 0.384 e. The molecule has 0 amide bonds. The number of hydrogen-bond acceptors (Lipinski definition) is 4. The molecule has 0 unspecified atom stereocenters. The molecular formula is C9H21O4P. The van der Waals surface area contributed by atoms with Crippen molar-refractivity contribution in [2.45, 2.75) is 0 Å². The number of methoxy groups -OCH3 is 3. The molecule has 0 aliphatic rings. The first-order chi connectivity index (χ1) is 6.68. The Labute approximate surface area is 86.3 Å². The molecule has 0 rings (SSSR count). The summed E-state index contributed by atoms with van der Waals surface area (Å²) in [6.45, 7) is 1.64. The van der Waals surface area contributed by atoms with E-state index in [0.29, 0.717) is 38.3 Å². The summed E-state index contributed by atoms with van der Waals surface area (Å²) < 4.78 is 27.1. The zero-order valence-corrected chi connectivity index (χ0v) is 10.2. The lowest BCUT2D eigenvalue weighted by molar-refractivity contribution is 0.206. The van der Waals surface area contributed by atoms with Crippen LogP contribution in [-0.2, 0) is 18.8 Å². The predicted molar refractivity (Wildman–Crippen MR) is 57.8 cm³/mol. The molecule has 0 radical (unpaired) electrons. The molecule has 86 valence electrons. The quantitative estimate of drug-likeness (QED) is 0.553. The Morgan fingerprint density at radius 1 is 0.786 bits per heavy atom. The highest BCUT2D eigenvalue weighted by Crippen LogP contribution is 2.44. The van der Waals surface area contributed by atoms with Gasteiger partial charge in [0.15, 0.2) is 0 Å². The van der Waals surface area contributed by atoms with E-state index in [2.05, 4.69) is 0 Å². The van der Waals surface area contributed by atoms with E-state index in [-0.39, 0.29) is 0 Å². The van der Waals surface area contributed by atoms with E-state index in [0.717, 1.165) is 0 Å². The van der Waals surface area contributed by atoms with Gasteiger partial charge < -0.3 is 18.8 Å². The van der Waals surface area contributed by atoms with E-state index < -0.39 is 7.14 Å². The highest BCUT2D eigenvalue weighted by atomic mass is 31.2. The van der Waals surface area contributed by atoms with Gasteiger partial charge in [-0.2, -0.15) is 0 Å². The number of hydrogen-bond donors (Lipinski definition) is 0. The van der Waals surface area contributed by atoms with Crippen LogP contribution in [-0.4, -0.2) is 59.6 Å². The van der Waals surface area contributed by atoms with E-state index in [9.17, 15) is 4.57 Å². The molecule has 0 heterocycles. The smallest absolute Gasteiger partial charge is 0.0944 e. The fourth-order valence-corrected chi connectivity index (χ4v) is 3.33. The molecule has 14 heavy (non-hydrogen) atoms. The molecule has 5 heteroatoms. The van der Waals surface area contributed by atoms with Gasteiger partial charge in [-0.3, -0.25) is 0 Å². The molecule has 0 aromatic rings. The second kappa shape index (κ2) is 8.42. The van der Waals surface area contributed by atoms with Gasteiger partial charge in [0.1, 0.15) is 0 Å². The second-order valence-corrected chi connectivity index (χ2v) is 6.67. The highest BCUT2D eigenvalue weighted by molar-refractivity contribution is 7.64. The zero-order valence-electron chi connectivity index (χ0n) is 9.32. The van der Waals surface area contributed by atoms with Crippen molar-refractivity contribution in [2.75, 3.05) is 59.6 Å². The minimum Gasteiger partial charge on any atom is -0.384 e. The van der Waals surface area contributed by atoms with Crippen LogP contribution in [0.2, 0.25) is 0 Å². The Balaban J connectivity index is 3.97. The Morgan fingerprint density at radius 3 is 1.29 bits per heavy atom. The monoisotopic (exact) mass is 224 g/mol. The molecule has 0 aliphatic heterocycles. The minimum absolute atomic E-state index is 0.546. The van der Waals surface area contributed by atoms with Crippen LogP contribution in [0.15, 0.2) is 0 Å². The normalized spacial score (nSPS) is 11.9. The van der Waals surface area contributed by atoms with E-state index in [1.54, 1.807) is 21.3 Å². The van der Waals surface area contributed by atoms with Gasteiger partial charge in [0, 0.05) is 39.8 Å². The molecule has 0 fully saturated rings. The van der Waals surface area contributed by atoms with Gasteiger partial charge in [0.05, 0.1) is 27.0 Å². The summed E-state index contributed by atoms with van der Waals surface area (Å²) in [6.07, 6.45) is 1.86. The maximum atomic E-state index is 12.2. The summed E-state index contributed by atoms with van der Waals surface area (Å²) in [5.74, 6) is 0. The lowest BCUT2D eigenvalue weighted by Crippen LogP contribution is -2.11. The molecule has 0 spiro atoms. The van der Waals surface area contributed by atoms with Crippen LogP contribution in [0.3, 0.4) is 0 Å². The molecule has 0 saturated carbocycles. The maximum absolute atomic E-state index is 12.2. The third kappa shape index (κ3) is 6.55. The van der Waals surface area contributed by atoms with Crippen LogP contribution < -0.4 is 0 Å². The third-order valence-corrected chi connectivity index (χ3v) is 5.10. The average Bonchev–Trinajstić information content (AvgIpc) is 2.21. The average molecular weight is 224 g/mol. The first kappa shape index (κ1) is 14.1.